The lowest BCUT2D eigenvalue weighted by atomic mass is 9.63. The van der Waals surface area contributed by atoms with Gasteiger partial charge in [-0.1, -0.05) is 26.8 Å². The molecule has 2 aliphatic carbocycles. The van der Waals surface area contributed by atoms with Crippen LogP contribution in [0.25, 0.3) is 0 Å². The van der Waals surface area contributed by atoms with E-state index in [1.807, 2.05) is 6.92 Å². The van der Waals surface area contributed by atoms with Crippen LogP contribution in [0.3, 0.4) is 0 Å². The van der Waals surface area contributed by atoms with Crippen molar-refractivity contribution in [1.29, 1.82) is 0 Å². The molecule has 0 fully saturated rings. The van der Waals surface area contributed by atoms with Gasteiger partial charge < -0.3 is 10.2 Å². The summed E-state index contributed by atoms with van der Waals surface area (Å²) in [6.07, 6.45) is 4.14. The molecule has 0 amide bonds. The zero-order valence-electron chi connectivity index (χ0n) is 11.3. The number of aliphatic hydroxyl groups excluding tert-OH is 2. The van der Waals surface area contributed by atoms with Crippen LogP contribution in [0.4, 0.5) is 0 Å². The van der Waals surface area contributed by atoms with E-state index in [-0.39, 0.29) is 17.6 Å². The maximum Gasteiger partial charge on any atom is 0.0764 e. The highest BCUT2D eigenvalue weighted by Gasteiger charge is 2.40. The van der Waals surface area contributed by atoms with Crippen molar-refractivity contribution in [2.45, 2.75) is 59.2 Å². The Morgan fingerprint density at radius 3 is 2.53 bits per heavy atom. The third-order valence-corrected chi connectivity index (χ3v) is 4.55. The minimum Gasteiger partial charge on any atom is -0.389 e. The van der Waals surface area contributed by atoms with E-state index in [1.54, 1.807) is 0 Å². The fourth-order valence-electron chi connectivity index (χ4n) is 3.32. The average molecular weight is 236 g/mol. The Balaban J connectivity index is 2.50. The number of hydrogen-bond donors (Lipinski definition) is 2. The molecule has 0 heterocycles. The van der Waals surface area contributed by atoms with Crippen LogP contribution in [0.5, 0.6) is 0 Å². The van der Waals surface area contributed by atoms with Crippen LogP contribution in [0.1, 0.15) is 47.0 Å². The lowest BCUT2D eigenvalue weighted by Crippen LogP contribution is -2.37. The predicted octanol–water partition coefficient (Wildman–Crippen LogP) is 2.81. The third kappa shape index (κ3) is 2.09. The Hall–Kier alpha value is -0.600. The standard InChI is InChI=1S/C15H24O2/c1-9(2)11-7-12-10(3)13(16)5-6-15(12,4)8-14(11)17/h7,9,13-14,16-17H,5-6,8H2,1-4H3/t13-,14+,15+/m0/s1. The van der Waals surface area contributed by atoms with Crippen LogP contribution in [-0.4, -0.2) is 22.4 Å². The molecule has 0 aromatic rings. The number of aliphatic hydroxyl groups is 2. The van der Waals surface area contributed by atoms with Crippen molar-refractivity contribution in [3.8, 4) is 0 Å². The van der Waals surface area contributed by atoms with Crippen molar-refractivity contribution in [1.82, 2.24) is 0 Å². The molecule has 2 N–H and O–H groups in total. The van der Waals surface area contributed by atoms with Gasteiger partial charge in [0, 0.05) is 0 Å². The molecular formula is C15H24O2. The second-order valence-electron chi connectivity index (χ2n) is 6.23. The van der Waals surface area contributed by atoms with Crippen molar-refractivity contribution < 1.29 is 10.2 Å². The molecule has 0 spiro atoms. The predicted molar refractivity (Wildman–Crippen MR) is 69.6 cm³/mol. The molecule has 0 aromatic heterocycles. The average Bonchev–Trinajstić information content (AvgIpc) is 2.23. The number of allylic oxidation sites excluding steroid dienone is 2. The molecule has 96 valence electrons. The summed E-state index contributed by atoms with van der Waals surface area (Å²) in [4.78, 5) is 0. The first-order chi connectivity index (χ1) is 7.85. The molecular weight excluding hydrogens is 212 g/mol. The zero-order valence-corrected chi connectivity index (χ0v) is 11.3. The first kappa shape index (κ1) is 12.8. The van der Waals surface area contributed by atoms with Crippen molar-refractivity contribution >= 4 is 0 Å². The van der Waals surface area contributed by atoms with Gasteiger partial charge in [0.2, 0.25) is 0 Å². The quantitative estimate of drug-likeness (QED) is 0.735. The number of fused-ring (bicyclic) bond motifs is 1. The highest BCUT2D eigenvalue weighted by atomic mass is 16.3. The summed E-state index contributed by atoms with van der Waals surface area (Å²) in [6, 6.07) is 0. The molecule has 0 saturated carbocycles. The smallest absolute Gasteiger partial charge is 0.0764 e. The molecule has 0 aliphatic heterocycles. The van der Waals surface area contributed by atoms with E-state index in [2.05, 4.69) is 26.8 Å². The first-order valence-corrected chi connectivity index (χ1v) is 6.64. The topological polar surface area (TPSA) is 40.5 Å². The summed E-state index contributed by atoms with van der Waals surface area (Å²) < 4.78 is 0. The zero-order chi connectivity index (χ0) is 12.8. The minimum atomic E-state index is -0.313. The van der Waals surface area contributed by atoms with Crippen molar-refractivity contribution in [3.63, 3.8) is 0 Å². The van der Waals surface area contributed by atoms with Crippen LogP contribution in [-0.2, 0) is 0 Å². The lowest BCUT2D eigenvalue weighted by molar-refractivity contribution is 0.100. The van der Waals surface area contributed by atoms with Crippen LogP contribution in [0, 0.1) is 11.3 Å². The molecule has 2 heteroatoms. The van der Waals surface area contributed by atoms with E-state index in [0.717, 1.165) is 30.4 Å². The maximum atomic E-state index is 10.2. The largest absolute Gasteiger partial charge is 0.389 e. The summed E-state index contributed by atoms with van der Waals surface area (Å²) in [7, 11) is 0. The van der Waals surface area contributed by atoms with E-state index in [1.165, 1.54) is 5.57 Å². The third-order valence-electron chi connectivity index (χ3n) is 4.55. The summed E-state index contributed by atoms with van der Waals surface area (Å²) >= 11 is 0. The van der Waals surface area contributed by atoms with Crippen molar-refractivity contribution in [2.75, 3.05) is 0 Å². The Labute approximate surface area is 104 Å². The second-order valence-corrected chi connectivity index (χ2v) is 6.23. The van der Waals surface area contributed by atoms with E-state index in [0.29, 0.717) is 5.92 Å². The fraction of sp³-hybridized carbons (Fsp3) is 0.733. The summed E-state index contributed by atoms with van der Waals surface area (Å²) in [5.74, 6) is 0.369. The molecule has 2 aliphatic rings. The van der Waals surface area contributed by atoms with Gasteiger partial charge in [-0.15, -0.1) is 0 Å². The minimum absolute atomic E-state index is 0.0567. The highest BCUT2D eigenvalue weighted by Crippen LogP contribution is 2.49. The summed E-state index contributed by atoms with van der Waals surface area (Å²) in [6.45, 7) is 8.48. The monoisotopic (exact) mass is 236 g/mol. The van der Waals surface area contributed by atoms with Crippen LogP contribution in [0.15, 0.2) is 22.8 Å². The molecule has 2 rings (SSSR count). The van der Waals surface area contributed by atoms with Gasteiger partial charge in [-0.25, -0.2) is 0 Å². The van der Waals surface area contributed by atoms with Gasteiger partial charge >= 0.3 is 0 Å². The van der Waals surface area contributed by atoms with Gasteiger partial charge in [0.15, 0.2) is 0 Å². The number of rotatable bonds is 1. The van der Waals surface area contributed by atoms with E-state index in [4.69, 9.17) is 0 Å². The Kier molecular flexibility index (Phi) is 3.21. The highest BCUT2D eigenvalue weighted by molar-refractivity contribution is 5.42. The van der Waals surface area contributed by atoms with Gasteiger partial charge in [-0.05, 0) is 54.2 Å². The molecule has 0 bridgehead atoms. The van der Waals surface area contributed by atoms with Gasteiger partial charge in [-0.3, -0.25) is 0 Å². The van der Waals surface area contributed by atoms with E-state index < -0.39 is 0 Å². The van der Waals surface area contributed by atoms with Crippen molar-refractivity contribution in [3.05, 3.63) is 22.8 Å². The molecule has 17 heavy (non-hydrogen) atoms. The van der Waals surface area contributed by atoms with Crippen LogP contribution in [0.2, 0.25) is 0 Å². The fourth-order valence-corrected chi connectivity index (χ4v) is 3.32. The van der Waals surface area contributed by atoms with Gasteiger partial charge in [-0.2, -0.15) is 0 Å². The SMILES string of the molecule is CC1=C2C=C(C(C)C)[C@H](O)C[C@@]2(C)CC[C@@H]1O. The Morgan fingerprint density at radius 1 is 1.29 bits per heavy atom. The first-order valence-electron chi connectivity index (χ1n) is 6.64. The number of hydrogen-bond acceptors (Lipinski definition) is 2. The molecule has 3 atom stereocenters. The lowest BCUT2D eigenvalue weighted by Gasteiger charge is -2.44. The van der Waals surface area contributed by atoms with Gasteiger partial charge in [0.1, 0.15) is 0 Å². The van der Waals surface area contributed by atoms with Gasteiger partial charge in [0.05, 0.1) is 12.2 Å². The van der Waals surface area contributed by atoms with E-state index >= 15 is 0 Å². The molecule has 2 nitrogen and oxygen atoms in total. The van der Waals surface area contributed by atoms with E-state index in [9.17, 15) is 10.2 Å². The molecule has 0 radical (unpaired) electrons. The van der Waals surface area contributed by atoms with Gasteiger partial charge in [0.25, 0.3) is 0 Å². The van der Waals surface area contributed by atoms with Crippen LogP contribution >= 0.6 is 0 Å². The molecule has 0 unspecified atom stereocenters. The second kappa shape index (κ2) is 4.25. The normalized spacial score (nSPS) is 38.2. The van der Waals surface area contributed by atoms with Crippen LogP contribution < -0.4 is 0 Å². The Morgan fingerprint density at radius 2 is 1.94 bits per heavy atom. The molecule has 0 aromatic carbocycles. The molecule has 0 saturated heterocycles. The van der Waals surface area contributed by atoms with Crippen molar-refractivity contribution in [2.24, 2.45) is 11.3 Å². The Bertz CT molecular complexity index is 378. The summed E-state index contributed by atoms with van der Waals surface area (Å²) in [5.41, 5.74) is 3.54. The maximum absolute atomic E-state index is 10.2. The summed E-state index contributed by atoms with van der Waals surface area (Å²) in [5, 5.41) is 20.2.